The van der Waals surface area contributed by atoms with Crippen molar-refractivity contribution in [1.29, 1.82) is 0 Å². The molecule has 168 valence electrons. The summed E-state index contributed by atoms with van der Waals surface area (Å²) in [6, 6.07) is 3.33. The third-order valence-electron chi connectivity index (χ3n) is 5.89. The van der Waals surface area contributed by atoms with E-state index in [1.807, 2.05) is 0 Å². The molecule has 0 radical (unpaired) electrons. The van der Waals surface area contributed by atoms with Crippen molar-refractivity contribution < 1.29 is 19.8 Å². The van der Waals surface area contributed by atoms with Crippen LogP contribution >= 0.6 is 11.3 Å². The minimum atomic E-state index is -1.05. The lowest BCUT2D eigenvalue weighted by Gasteiger charge is -2.32. The van der Waals surface area contributed by atoms with E-state index >= 15 is 0 Å². The van der Waals surface area contributed by atoms with E-state index in [0.29, 0.717) is 23.2 Å². The van der Waals surface area contributed by atoms with Gasteiger partial charge in [0.2, 0.25) is 5.91 Å². The van der Waals surface area contributed by atoms with E-state index in [-0.39, 0.29) is 35.7 Å². The maximum absolute atomic E-state index is 12.5. The summed E-state index contributed by atoms with van der Waals surface area (Å²) in [5.74, 6) is -0.163. The Morgan fingerprint density at radius 2 is 1.87 bits per heavy atom. The highest BCUT2D eigenvalue weighted by atomic mass is 32.1. The normalized spacial score (nSPS) is 14.8. The van der Waals surface area contributed by atoms with Crippen LogP contribution in [-0.2, 0) is 11.2 Å². The van der Waals surface area contributed by atoms with Gasteiger partial charge in [-0.3, -0.25) is 9.59 Å². The van der Waals surface area contributed by atoms with Crippen LogP contribution in [0, 0.1) is 0 Å². The van der Waals surface area contributed by atoms with Gasteiger partial charge in [-0.25, -0.2) is 4.79 Å². The molecule has 0 spiro atoms. The molecule has 0 aliphatic heterocycles. The number of nitrogens with one attached hydrogen (secondary N) is 1. The van der Waals surface area contributed by atoms with Crippen LogP contribution in [0.15, 0.2) is 29.6 Å². The van der Waals surface area contributed by atoms with E-state index in [9.17, 15) is 24.6 Å². The summed E-state index contributed by atoms with van der Waals surface area (Å²) in [5, 5.41) is 19.6. The van der Waals surface area contributed by atoms with Gasteiger partial charge in [0, 0.05) is 25.7 Å². The van der Waals surface area contributed by atoms with Crippen molar-refractivity contribution in [3.8, 4) is 5.75 Å². The van der Waals surface area contributed by atoms with E-state index < -0.39 is 6.09 Å². The molecule has 0 saturated heterocycles. The first-order valence-corrected chi connectivity index (χ1v) is 11.5. The molecular weight excluding hydrogens is 418 g/mol. The second-order valence-corrected chi connectivity index (χ2v) is 8.85. The number of nitrogens with zero attached hydrogens (tertiary/aromatic N) is 2. The molecule has 0 atom stereocenters. The predicted octanol–water partition coefficient (Wildman–Crippen LogP) is 3.56. The van der Waals surface area contributed by atoms with Crippen molar-refractivity contribution >= 4 is 33.6 Å². The Morgan fingerprint density at radius 1 is 1.16 bits per heavy atom. The lowest BCUT2D eigenvalue weighted by atomic mass is 10.1. The number of thiazole rings is 1. The molecule has 0 bridgehead atoms. The molecule has 3 rings (SSSR count). The number of H-pyrrole nitrogens is 1. The van der Waals surface area contributed by atoms with E-state index in [0.717, 1.165) is 42.6 Å². The fraction of sp³-hybridized carbons (Fsp3) is 0.500. The predicted molar refractivity (Wildman–Crippen MR) is 121 cm³/mol. The number of benzene rings is 1. The van der Waals surface area contributed by atoms with Gasteiger partial charge in [-0.15, -0.1) is 0 Å². The minimum absolute atomic E-state index is 0.00540. The molecular formula is C22H29N3O5S. The van der Waals surface area contributed by atoms with Crippen molar-refractivity contribution in [2.75, 3.05) is 19.6 Å². The highest BCUT2D eigenvalue weighted by Crippen LogP contribution is 2.28. The van der Waals surface area contributed by atoms with E-state index in [2.05, 4.69) is 11.6 Å². The number of carbonyl (C=O) groups is 2. The highest BCUT2D eigenvalue weighted by molar-refractivity contribution is 7.16. The number of rotatable bonds is 8. The summed E-state index contributed by atoms with van der Waals surface area (Å²) < 4.78 is 0.636. The lowest BCUT2D eigenvalue weighted by molar-refractivity contribution is -0.128. The van der Waals surface area contributed by atoms with Crippen molar-refractivity contribution in [3.63, 3.8) is 0 Å². The van der Waals surface area contributed by atoms with Gasteiger partial charge in [0.1, 0.15) is 11.3 Å². The van der Waals surface area contributed by atoms with Crippen LogP contribution in [0.1, 0.15) is 44.1 Å². The number of aromatic hydroxyl groups is 1. The number of phenols is 1. The molecule has 3 N–H and O–H groups in total. The number of phenolic OH excluding ortho intramolecular Hbond substituents is 1. The second kappa shape index (κ2) is 10.5. The molecule has 1 saturated carbocycles. The number of hydrogen-bond acceptors (Lipinski definition) is 5. The Kier molecular flexibility index (Phi) is 7.73. The molecule has 8 nitrogen and oxygen atoms in total. The SMILES string of the molecule is C=CC(=O)N(CCN(CCc1ccc(O)c2[nH]c(=O)sc12)C(=O)O)C1CCCCCC1. The molecule has 9 heteroatoms. The van der Waals surface area contributed by atoms with Crippen LogP contribution in [-0.4, -0.2) is 62.7 Å². The van der Waals surface area contributed by atoms with E-state index in [4.69, 9.17) is 0 Å². The fourth-order valence-corrected chi connectivity index (χ4v) is 5.11. The molecule has 1 aromatic carbocycles. The smallest absolute Gasteiger partial charge is 0.407 e. The Hall–Kier alpha value is -2.81. The van der Waals surface area contributed by atoms with Gasteiger partial charge in [0.15, 0.2) is 0 Å². The molecule has 2 aromatic rings. The van der Waals surface area contributed by atoms with Crippen LogP contribution < -0.4 is 4.87 Å². The Labute approximate surface area is 184 Å². The molecule has 1 fully saturated rings. The van der Waals surface area contributed by atoms with Crippen LogP contribution in [0.25, 0.3) is 10.2 Å². The van der Waals surface area contributed by atoms with Crippen LogP contribution in [0.5, 0.6) is 5.75 Å². The number of hydrogen-bond donors (Lipinski definition) is 3. The van der Waals surface area contributed by atoms with E-state index in [1.165, 1.54) is 29.9 Å². The zero-order chi connectivity index (χ0) is 22.4. The Balaban J connectivity index is 1.68. The lowest BCUT2D eigenvalue weighted by Crippen LogP contribution is -2.45. The summed E-state index contributed by atoms with van der Waals surface area (Å²) in [4.78, 5) is 41.4. The first kappa shape index (κ1) is 22.9. The summed E-state index contributed by atoms with van der Waals surface area (Å²) in [7, 11) is 0. The van der Waals surface area contributed by atoms with Crippen LogP contribution in [0.2, 0.25) is 0 Å². The highest BCUT2D eigenvalue weighted by Gasteiger charge is 2.24. The average molecular weight is 448 g/mol. The fourth-order valence-electron chi connectivity index (χ4n) is 4.22. The van der Waals surface area contributed by atoms with Gasteiger partial charge in [-0.2, -0.15) is 0 Å². The molecule has 2 amide bonds. The van der Waals surface area contributed by atoms with Gasteiger partial charge in [-0.1, -0.05) is 49.7 Å². The average Bonchev–Trinajstić information content (AvgIpc) is 2.96. The van der Waals surface area contributed by atoms with Crippen molar-refractivity contribution in [2.45, 2.75) is 51.0 Å². The van der Waals surface area contributed by atoms with Gasteiger partial charge < -0.3 is 25.0 Å². The number of amides is 2. The first-order chi connectivity index (χ1) is 14.9. The molecule has 1 aliphatic rings. The van der Waals surface area contributed by atoms with Gasteiger partial charge in [0.25, 0.3) is 0 Å². The zero-order valence-electron chi connectivity index (χ0n) is 17.5. The molecule has 1 heterocycles. The third kappa shape index (κ3) is 5.66. The molecule has 1 aliphatic carbocycles. The number of aromatic amines is 1. The molecule has 0 unspecified atom stereocenters. The number of aromatic nitrogens is 1. The maximum atomic E-state index is 12.5. The van der Waals surface area contributed by atoms with E-state index in [1.54, 1.807) is 11.0 Å². The largest absolute Gasteiger partial charge is 0.506 e. The topological polar surface area (TPSA) is 114 Å². The van der Waals surface area contributed by atoms with Gasteiger partial charge in [-0.05, 0) is 37.0 Å². The number of carboxylic acid groups (broad SMARTS) is 1. The van der Waals surface area contributed by atoms with Gasteiger partial charge >= 0.3 is 11.0 Å². The summed E-state index contributed by atoms with van der Waals surface area (Å²) in [6.07, 6.45) is 7.00. The Bertz CT molecular complexity index is 991. The van der Waals surface area contributed by atoms with Crippen LogP contribution in [0.4, 0.5) is 4.79 Å². The second-order valence-electron chi connectivity index (χ2n) is 7.86. The monoisotopic (exact) mass is 447 g/mol. The number of carbonyl (C=O) groups excluding carboxylic acids is 1. The summed E-state index contributed by atoms with van der Waals surface area (Å²) >= 11 is 0.998. The first-order valence-electron chi connectivity index (χ1n) is 10.6. The quantitative estimate of drug-likeness (QED) is 0.423. The van der Waals surface area contributed by atoms with Crippen LogP contribution in [0.3, 0.4) is 0 Å². The molecule has 1 aromatic heterocycles. The molecule has 31 heavy (non-hydrogen) atoms. The summed E-state index contributed by atoms with van der Waals surface area (Å²) in [5.41, 5.74) is 1.18. The third-order valence-corrected chi connectivity index (χ3v) is 6.85. The standard InChI is InChI=1S/C22H29N3O5S/c1-2-18(27)25(16-7-5-3-4-6-8-16)14-13-24(22(29)30)12-11-15-9-10-17(26)19-20(15)31-21(28)23-19/h2,9-10,16,26H,1,3-8,11-14H2,(H,23,28)(H,29,30). The summed E-state index contributed by atoms with van der Waals surface area (Å²) in [6.45, 7) is 4.36. The Morgan fingerprint density at radius 3 is 2.52 bits per heavy atom. The maximum Gasteiger partial charge on any atom is 0.407 e. The van der Waals surface area contributed by atoms with Crippen molar-refractivity contribution in [3.05, 3.63) is 40.0 Å². The minimum Gasteiger partial charge on any atom is -0.506 e. The van der Waals surface area contributed by atoms with Crippen molar-refractivity contribution in [2.24, 2.45) is 0 Å². The van der Waals surface area contributed by atoms with Gasteiger partial charge in [0.05, 0.1) is 4.70 Å². The zero-order valence-corrected chi connectivity index (χ0v) is 18.3. The number of fused-ring (bicyclic) bond motifs is 1. The van der Waals surface area contributed by atoms with Crippen molar-refractivity contribution in [1.82, 2.24) is 14.8 Å².